The summed E-state index contributed by atoms with van der Waals surface area (Å²) in [6.45, 7) is 1.69. The predicted molar refractivity (Wildman–Crippen MR) is 115 cm³/mol. The molecule has 0 bridgehead atoms. The smallest absolute Gasteiger partial charge is 0.493 e. The average molecular weight is 512 g/mol. The number of rotatable bonds is 5. The third kappa shape index (κ3) is 4.79. The van der Waals surface area contributed by atoms with E-state index in [1.54, 1.807) is 11.0 Å². The molecule has 0 atom stereocenters. The lowest BCUT2D eigenvalue weighted by Crippen LogP contribution is -2.41. The third-order valence-corrected chi connectivity index (χ3v) is 6.84. The standard InChI is InChI=1S/C21H19F3N4O6S/c22-21(23,24)35(32,33)16-3-1-15(2-4-16)28-18(29)13-27(20(28)31)12-14-5-6-25-17(11-14)19(30)26-7-9-34-10-8-26/h1-6,11,13,29H,7-10,12H2. The van der Waals surface area contributed by atoms with Crippen molar-refractivity contribution in [3.8, 4) is 11.6 Å². The Morgan fingerprint density at radius 2 is 1.77 bits per heavy atom. The lowest BCUT2D eigenvalue weighted by molar-refractivity contribution is -0.0436. The maximum absolute atomic E-state index is 12.9. The van der Waals surface area contributed by atoms with E-state index in [2.05, 4.69) is 4.98 Å². The average Bonchev–Trinajstić information content (AvgIpc) is 3.11. The highest BCUT2D eigenvalue weighted by Crippen LogP contribution is 2.30. The van der Waals surface area contributed by atoms with Gasteiger partial charge in [0, 0.05) is 19.3 Å². The molecule has 2 aromatic heterocycles. The van der Waals surface area contributed by atoms with Crippen LogP contribution in [0.1, 0.15) is 16.1 Å². The van der Waals surface area contributed by atoms with Crippen molar-refractivity contribution in [2.24, 2.45) is 0 Å². The Kier molecular flexibility index (Phi) is 6.42. The van der Waals surface area contributed by atoms with Gasteiger partial charge in [-0.2, -0.15) is 13.2 Å². The molecule has 3 aromatic rings. The van der Waals surface area contributed by atoms with Crippen molar-refractivity contribution in [1.29, 1.82) is 0 Å². The minimum absolute atomic E-state index is 0.0359. The van der Waals surface area contributed by atoms with Gasteiger partial charge >= 0.3 is 11.2 Å². The fourth-order valence-electron chi connectivity index (χ4n) is 3.56. The van der Waals surface area contributed by atoms with E-state index in [4.69, 9.17) is 4.74 Å². The molecule has 3 heterocycles. The lowest BCUT2D eigenvalue weighted by Gasteiger charge is -2.26. The first-order chi connectivity index (χ1) is 16.5. The van der Waals surface area contributed by atoms with Crippen LogP contribution in [0.15, 0.2) is 58.5 Å². The third-order valence-electron chi connectivity index (χ3n) is 5.34. The number of halogens is 3. The minimum Gasteiger partial charge on any atom is -0.493 e. The fourth-order valence-corrected chi connectivity index (χ4v) is 4.32. The topological polar surface area (TPSA) is 124 Å². The molecule has 1 aliphatic rings. The summed E-state index contributed by atoms with van der Waals surface area (Å²) in [5, 5.41) is 10.3. The van der Waals surface area contributed by atoms with Gasteiger partial charge in [0.1, 0.15) is 5.69 Å². The Bertz CT molecular complexity index is 1410. The van der Waals surface area contributed by atoms with Crippen molar-refractivity contribution in [3.05, 3.63) is 70.5 Å². The summed E-state index contributed by atoms with van der Waals surface area (Å²) in [6, 6.07) is 6.48. The maximum atomic E-state index is 12.9. The molecular weight excluding hydrogens is 493 g/mol. The van der Waals surface area contributed by atoms with Gasteiger partial charge < -0.3 is 14.7 Å². The molecule has 1 aromatic carbocycles. The van der Waals surface area contributed by atoms with Crippen LogP contribution in [-0.4, -0.2) is 70.3 Å². The number of nitrogens with zero attached hydrogens (tertiary/aromatic N) is 4. The van der Waals surface area contributed by atoms with E-state index in [9.17, 15) is 36.3 Å². The zero-order valence-corrected chi connectivity index (χ0v) is 18.8. The molecule has 14 heteroatoms. The number of sulfone groups is 1. The van der Waals surface area contributed by atoms with Gasteiger partial charge in [-0.25, -0.2) is 17.8 Å². The van der Waals surface area contributed by atoms with Crippen LogP contribution < -0.4 is 5.69 Å². The van der Waals surface area contributed by atoms with E-state index in [1.165, 1.54) is 12.3 Å². The molecule has 1 amide bonds. The van der Waals surface area contributed by atoms with Crippen LogP contribution in [-0.2, 0) is 21.1 Å². The second-order valence-electron chi connectivity index (χ2n) is 7.63. The number of aromatic hydroxyl groups is 1. The Morgan fingerprint density at radius 3 is 2.40 bits per heavy atom. The number of aromatic nitrogens is 3. The quantitative estimate of drug-likeness (QED) is 0.550. The first-order valence-corrected chi connectivity index (χ1v) is 11.7. The summed E-state index contributed by atoms with van der Waals surface area (Å²) in [7, 11) is -5.55. The molecular formula is C21H19F3N4O6S. The number of imidazole rings is 1. The fraction of sp³-hybridized carbons (Fsp3) is 0.286. The van der Waals surface area contributed by atoms with E-state index >= 15 is 0 Å². The number of alkyl halides is 3. The van der Waals surface area contributed by atoms with Crippen LogP contribution in [0.4, 0.5) is 13.2 Å². The molecule has 0 unspecified atom stereocenters. The molecule has 1 aliphatic heterocycles. The van der Waals surface area contributed by atoms with Gasteiger partial charge in [0.05, 0.1) is 36.5 Å². The molecule has 0 radical (unpaired) electrons. The highest BCUT2D eigenvalue weighted by molar-refractivity contribution is 7.92. The van der Waals surface area contributed by atoms with Crippen molar-refractivity contribution in [2.45, 2.75) is 16.9 Å². The van der Waals surface area contributed by atoms with Crippen molar-refractivity contribution in [2.75, 3.05) is 26.3 Å². The zero-order chi connectivity index (χ0) is 25.4. The van der Waals surface area contributed by atoms with Crippen LogP contribution in [0, 0.1) is 0 Å². The molecule has 1 N–H and O–H groups in total. The van der Waals surface area contributed by atoms with Crippen molar-refractivity contribution in [1.82, 2.24) is 19.0 Å². The maximum Gasteiger partial charge on any atom is 0.501 e. The number of benzene rings is 1. The van der Waals surface area contributed by atoms with Gasteiger partial charge in [0.2, 0.25) is 5.88 Å². The van der Waals surface area contributed by atoms with Crippen LogP contribution >= 0.6 is 0 Å². The minimum atomic E-state index is -5.55. The Balaban J connectivity index is 1.58. The van der Waals surface area contributed by atoms with Crippen molar-refractivity contribution >= 4 is 15.7 Å². The Hall–Kier alpha value is -3.65. The molecule has 10 nitrogen and oxygen atoms in total. The zero-order valence-electron chi connectivity index (χ0n) is 18.0. The van der Waals surface area contributed by atoms with E-state index < -0.39 is 31.8 Å². The molecule has 1 fully saturated rings. The van der Waals surface area contributed by atoms with Crippen molar-refractivity contribution < 1.29 is 36.2 Å². The van der Waals surface area contributed by atoms with Crippen LogP contribution in [0.2, 0.25) is 0 Å². The van der Waals surface area contributed by atoms with Gasteiger partial charge in [-0.1, -0.05) is 0 Å². The summed E-state index contributed by atoms with van der Waals surface area (Å²) in [5.41, 5.74) is -5.51. The van der Waals surface area contributed by atoms with Gasteiger partial charge in [0.15, 0.2) is 0 Å². The number of amides is 1. The molecule has 35 heavy (non-hydrogen) atoms. The Morgan fingerprint density at radius 1 is 1.11 bits per heavy atom. The van der Waals surface area contributed by atoms with Gasteiger partial charge in [-0.05, 0) is 42.0 Å². The highest BCUT2D eigenvalue weighted by Gasteiger charge is 2.46. The summed E-state index contributed by atoms with van der Waals surface area (Å²) in [6.07, 6.45) is 2.54. The van der Waals surface area contributed by atoms with Gasteiger partial charge in [-0.15, -0.1) is 0 Å². The van der Waals surface area contributed by atoms with E-state index in [0.717, 1.165) is 27.5 Å². The molecule has 0 saturated carbocycles. The summed E-state index contributed by atoms with van der Waals surface area (Å²) >= 11 is 0. The number of morpholine rings is 1. The second-order valence-corrected chi connectivity index (χ2v) is 9.57. The molecule has 1 saturated heterocycles. The summed E-state index contributed by atoms with van der Waals surface area (Å²) in [5.74, 6) is -0.795. The van der Waals surface area contributed by atoms with Crippen LogP contribution in [0.3, 0.4) is 0 Å². The van der Waals surface area contributed by atoms with Crippen molar-refractivity contribution in [3.63, 3.8) is 0 Å². The van der Waals surface area contributed by atoms with Gasteiger partial charge in [0.25, 0.3) is 15.7 Å². The predicted octanol–water partition coefficient (Wildman–Crippen LogP) is 1.55. The van der Waals surface area contributed by atoms with Crippen LogP contribution in [0.25, 0.3) is 5.69 Å². The number of hydrogen-bond acceptors (Lipinski definition) is 7. The monoisotopic (exact) mass is 512 g/mol. The number of ether oxygens (including phenoxy) is 1. The lowest BCUT2D eigenvalue weighted by atomic mass is 10.2. The molecule has 186 valence electrons. The van der Waals surface area contributed by atoms with E-state index in [1.807, 2.05) is 0 Å². The van der Waals surface area contributed by atoms with Gasteiger partial charge in [-0.3, -0.25) is 14.3 Å². The summed E-state index contributed by atoms with van der Waals surface area (Å²) < 4.78 is 68.5. The number of carbonyl (C=O) groups excluding carboxylic acids is 1. The number of hydrogen-bond donors (Lipinski definition) is 1. The Labute approximate surface area is 196 Å². The molecule has 0 aliphatic carbocycles. The van der Waals surface area contributed by atoms with E-state index in [-0.39, 0.29) is 23.8 Å². The first kappa shape index (κ1) is 24.5. The second kappa shape index (κ2) is 9.19. The molecule has 0 spiro atoms. The number of carbonyl (C=O) groups is 1. The highest BCUT2D eigenvalue weighted by atomic mass is 32.2. The SMILES string of the molecule is O=C(c1cc(Cn2cc(O)n(-c3ccc(S(=O)(=O)C(F)(F)F)cc3)c2=O)ccn1)N1CCOCC1. The van der Waals surface area contributed by atoms with Crippen LogP contribution in [0.5, 0.6) is 5.88 Å². The molecule has 4 rings (SSSR count). The normalized spacial score (nSPS) is 14.8. The van der Waals surface area contributed by atoms with E-state index in [0.29, 0.717) is 44.0 Å². The summed E-state index contributed by atoms with van der Waals surface area (Å²) in [4.78, 5) is 30.2. The largest absolute Gasteiger partial charge is 0.501 e. The first-order valence-electron chi connectivity index (χ1n) is 10.2. The number of pyridine rings is 1.